The molecule has 1 fully saturated rings. The van der Waals surface area contributed by atoms with Gasteiger partial charge in [-0.1, -0.05) is 11.8 Å². The van der Waals surface area contributed by atoms with Gasteiger partial charge >= 0.3 is 0 Å². The molecule has 2 aromatic rings. The Morgan fingerprint density at radius 2 is 1.83 bits per heavy atom. The van der Waals surface area contributed by atoms with Crippen LogP contribution in [0.25, 0.3) is 0 Å². The number of aromatic nitrogens is 3. The van der Waals surface area contributed by atoms with Gasteiger partial charge in [0.05, 0.1) is 7.11 Å². The number of pyridine rings is 1. The third-order valence-corrected chi connectivity index (χ3v) is 5.26. The van der Waals surface area contributed by atoms with E-state index in [9.17, 15) is 4.79 Å². The Balaban J connectivity index is 1.51. The van der Waals surface area contributed by atoms with Crippen LogP contribution in [0, 0.1) is 0 Å². The number of ether oxygens (including phenoxy) is 1. The normalized spacial score (nSPS) is 20.4. The van der Waals surface area contributed by atoms with Crippen LogP contribution >= 0.6 is 11.8 Å². The number of hydrogen-bond acceptors (Lipinski definition) is 6. The minimum atomic E-state index is -0.123. The lowest BCUT2D eigenvalue weighted by Crippen LogP contribution is -2.38. The molecule has 0 atom stereocenters. The van der Waals surface area contributed by atoms with Crippen LogP contribution in [0.1, 0.15) is 36.0 Å². The highest BCUT2D eigenvalue weighted by molar-refractivity contribution is 7.99. The van der Waals surface area contributed by atoms with E-state index >= 15 is 0 Å². The monoisotopic (exact) mass is 344 g/mol. The molecule has 2 aromatic heterocycles. The molecule has 126 valence electrons. The molecule has 1 aliphatic carbocycles. The van der Waals surface area contributed by atoms with Crippen LogP contribution in [-0.4, -0.2) is 39.3 Å². The zero-order valence-corrected chi connectivity index (χ0v) is 14.3. The second-order valence-corrected chi connectivity index (χ2v) is 6.92. The number of nitrogens with one attached hydrogen (secondary N) is 1. The van der Waals surface area contributed by atoms with Crippen LogP contribution in [0.5, 0.6) is 5.88 Å². The maximum atomic E-state index is 12.4. The van der Waals surface area contributed by atoms with Crippen LogP contribution < -0.4 is 10.1 Å². The van der Waals surface area contributed by atoms with Crippen molar-refractivity contribution in [2.45, 2.75) is 42.1 Å². The number of thioether (sulfide) groups is 1. The van der Waals surface area contributed by atoms with E-state index in [0.717, 1.165) is 30.8 Å². The minimum Gasteiger partial charge on any atom is -0.480 e. The zero-order valence-electron chi connectivity index (χ0n) is 13.5. The first-order valence-corrected chi connectivity index (χ1v) is 8.88. The third kappa shape index (κ3) is 4.23. The SMILES string of the molecule is COc1ncccc1C(=O)NC1CCC(Sc2ncccn2)CC1. The summed E-state index contributed by atoms with van der Waals surface area (Å²) in [7, 11) is 1.52. The number of amides is 1. The number of methoxy groups -OCH3 is 1. The Bertz CT molecular complexity index is 675. The molecule has 0 unspecified atom stereocenters. The highest BCUT2D eigenvalue weighted by Crippen LogP contribution is 2.32. The number of rotatable bonds is 5. The average molecular weight is 344 g/mol. The Morgan fingerprint density at radius 3 is 2.54 bits per heavy atom. The van der Waals surface area contributed by atoms with E-state index in [0.29, 0.717) is 16.7 Å². The predicted octanol–water partition coefficient (Wildman–Crippen LogP) is 2.71. The largest absolute Gasteiger partial charge is 0.480 e. The van der Waals surface area contributed by atoms with Crippen LogP contribution in [0.4, 0.5) is 0 Å². The number of nitrogens with zero attached hydrogens (tertiary/aromatic N) is 3. The van der Waals surface area contributed by atoms with Gasteiger partial charge in [-0.05, 0) is 43.9 Å². The van der Waals surface area contributed by atoms with Crippen molar-refractivity contribution < 1.29 is 9.53 Å². The molecule has 0 saturated heterocycles. The van der Waals surface area contributed by atoms with Gasteiger partial charge < -0.3 is 10.1 Å². The fraction of sp³-hybridized carbons (Fsp3) is 0.412. The van der Waals surface area contributed by atoms with Crippen LogP contribution in [0.3, 0.4) is 0 Å². The molecular weight excluding hydrogens is 324 g/mol. The highest BCUT2D eigenvalue weighted by Gasteiger charge is 2.25. The number of carbonyl (C=O) groups excluding carboxylic acids is 1. The molecule has 0 spiro atoms. The summed E-state index contributed by atoms with van der Waals surface area (Å²) in [6, 6.07) is 5.49. The number of carbonyl (C=O) groups is 1. The molecule has 0 aliphatic heterocycles. The fourth-order valence-electron chi connectivity index (χ4n) is 2.81. The Hall–Kier alpha value is -2.15. The summed E-state index contributed by atoms with van der Waals surface area (Å²) >= 11 is 1.72. The standard InChI is InChI=1S/C17H20N4O2S/c1-23-16-14(4-2-9-18-16)15(22)21-12-5-7-13(8-6-12)24-17-19-10-3-11-20-17/h2-4,9-13H,5-8H2,1H3,(H,21,22). The molecule has 3 rings (SSSR count). The molecule has 7 heteroatoms. The van der Waals surface area contributed by atoms with Gasteiger partial charge in [-0.25, -0.2) is 15.0 Å². The quantitative estimate of drug-likeness (QED) is 0.841. The van der Waals surface area contributed by atoms with E-state index < -0.39 is 0 Å². The van der Waals surface area contributed by atoms with Crippen LogP contribution in [0.2, 0.25) is 0 Å². The molecule has 6 nitrogen and oxygen atoms in total. The van der Waals surface area contributed by atoms with Crippen molar-refractivity contribution >= 4 is 17.7 Å². The van der Waals surface area contributed by atoms with Crippen molar-refractivity contribution in [1.82, 2.24) is 20.3 Å². The first kappa shape index (κ1) is 16.7. The van der Waals surface area contributed by atoms with E-state index in [2.05, 4.69) is 20.3 Å². The van der Waals surface area contributed by atoms with Gasteiger partial charge in [0.15, 0.2) is 5.16 Å². The topological polar surface area (TPSA) is 77.0 Å². The average Bonchev–Trinajstić information content (AvgIpc) is 2.64. The smallest absolute Gasteiger partial charge is 0.256 e. The summed E-state index contributed by atoms with van der Waals surface area (Å²) in [5.74, 6) is 0.239. The van der Waals surface area contributed by atoms with Crippen LogP contribution in [-0.2, 0) is 0 Å². The van der Waals surface area contributed by atoms with Crippen molar-refractivity contribution in [2.24, 2.45) is 0 Å². The summed E-state index contributed by atoms with van der Waals surface area (Å²) in [6.07, 6.45) is 9.14. The molecule has 1 saturated carbocycles. The Labute approximate surface area is 145 Å². The van der Waals surface area contributed by atoms with Crippen molar-refractivity contribution in [1.29, 1.82) is 0 Å². The Kier molecular flexibility index (Phi) is 5.63. The van der Waals surface area contributed by atoms with Crippen molar-refractivity contribution in [3.05, 3.63) is 42.4 Å². The van der Waals surface area contributed by atoms with Gasteiger partial charge in [-0.15, -0.1) is 0 Å². The van der Waals surface area contributed by atoms with Gasteiger partial charge in [0.2, 0.25) is 5.88 Å². The molecule has 1 N–H and O–H groups in total. The van der Waals surface area contributed by atoms with Crippen molar-refractivity contribution in [3.63, 3.8) is 0 Å². The lowest BCUT2D eigenvalue weighted by Gasteiger charge is -2.28. The fourth-order valence-corrected chi connectivity index (χ4v) is 3.86. The lowest BCUT2D eigenvalue weighted by molar-refractivity contribution is 0.0924. The van der Waals surface area contributed by atoms with Crippen LogP contribution in [0.15, 0.2) is 41.9 Å². The van der Waals surface area contributed by atoms with Crippen molar-refractivity contribution in [2.75, 3.05) is 7.11 Å². The summed E-state index contributed by atoms with van der Waals surface area (Å²) in [5.41, 5.74) is 0.481. The second kappa shape index (κ2) is 8.10. The molecule has 1 amide bonds. The molecule has 0 bridgehead atoms. The molecule has 0 aromatic carbocycles. The highest BCUT2D eigenvalue weighted by atomic mass is 32.2. The predicted molar refractivity (Wildman–Crippen MR) is 92.2 cm³/mol. The molecule has 1 aliphatic rings. The summed E-state index contributed by atoms with van der Waals surface area (Å²) in [5, 5.41) is 4.43. The Morgan fingerprint density at radius 1 is 1.12 bits per heavy atom. The van der Waals surface area contributed by atoms with E-state index in [1.807, 2.05) is 6.07 Å². The van der Waals surface area contributed by atoms with E-state index in [4.69, 9.17) is 4.74 Å². The minimum absolute atomic E-state index is 0.123. The summed E-state index contributed by atoms with van der Waals surface area (Å²) in [6.45, 7) is 0. The summed E-state index contributed by atoms with van der Waals surface area (Å²) in [4.78, 5) is 25.0. The maximum absolute atomic E-state index is 12.4. The molecule has 2 heterocycles. The second-order valence-electron chi connectivity index (χ2n) is 5.66. The van der Waals surface area contributed by atoms with Gasteiger partial charge in [0.25, 0.3) is 5.91 Å². The van der Waals surface area contributed by atoms with E-state index in [1.165, 1.54) is 7.11 Å². The first-order valence-electron chi connectivity index (χ1n) is 8.00. The van der Waals surface area contributed by atoms with E-state index in [1.54, 1.807) is 42.5 Å². The van der Waals surface area contributed by atoms with Gasteiger partial charge in [-0.2, -0.15) is 0 Å². The molecule has 0 radical (unpaired) electrons. The van der Waals surface area contributed by atoms with Gasteiger partial charge in [-0.3, -0.25) is 4.79 Å². The maximum Gasteiger partial charge on any atom is 0.256 e. The zero-order chi connectivity index (χ0) is 16.8. The van der Waals surface area contributed by atoms with Gasteiger partial charge in [0.1, 0.15) is 5.56 Å². The van der Waals surface area contributed by atoms with Crippen molar-refractivity contribution in [3.8, 4) is 5.88 Å². The number of hydrogen-bond donors (Lipinski definition) is 1. The molecule has 24 heavy (non-hydrogen) atoms. The molecular formula is C17H20N4O2S. The summed E-state index contributed by atoms with van der Waals surface area (Å²) < 4.78 is 5.15. The van der Waals surface area contributed by atoms with E-state index in [-0.39, 0.29) is 11.9 Å². The first-order chi connectivity index (χ1) is 11.8. The lowest BCUT2D eigenvalue weighted by atomic mass is 9.95. The van der Waals surface area contributed by atoms with Gasteiger partial charge in [0, 0.05) is 29.9 Å². The third-order valence-electron chi connectivity index (χ3n) is 4.03.